The van der Waals surface area contributed by atoms with E-state index >= 15 is 0 Å². The number of hydrogen-bond donors (Lipinski definition) is 1. The number of hydrogen-bond acceptors (Lipinski definition) is 4. The van der Waals surface area contributed by atoms with E-state index in [1.807, 2.05) is 0 Å². The molecule has 0 unspecified atom stereocenters. The van der Waals surface area contributed by atoms with Crippen LogP contribution < -0.4 is 9.47 Å². The van der Waals surface area contributed by atoms with Crippen LogP contribution in [0.2, 0.25) is 10.0 Å². The molecule has 1 N–H and O–H groups in total. The van der Waals surface area contributed by atoms with Crippen molar-refractivity contribution in [1.82, 2.24) is 0 Å². The smallest absolute Gasteiger partial charge is 0.192 e. The van der Waals surface area contributed by atoms with Crippen LogP contribution in [-0.2, 0) is 0 Å². The maximum absolute atomic E-state index is 12.6. The number of methoxy groups -OCH3 is 2. The summed E-state index contributed by atoms with van der Waals surface area (Å²) in [7, 11) is 3.09. The second-order valence-electron chi connectivity index (χ2n) is 5.05. The van der Waals surface area contributed by atoms with E-state index in [-0.39, 0.29) is 27.1 Å². The molecule has 0 amide bonds. The molecule has 0 heterocycles. The van der Waals surface area contributed by atoms with Crippen molar-refractivity contribution in [3.8, 4) is 17.2 Å². The first-order valence-corrected chi connectivity index (χ1v) is 7.76. The summed E-state index contributed by atoms with van der Waals surface area (Å²) >= 11 is 11.8. The number of rotatable bonds is 5. The highest BCUT2D eigenvalue weighted by Crippen LogP contribution is 2.33. The summed E-state index contributed by atoms with van der Waals surface area (Å²) in [4.78, 5) is 12.6. The van der Waals surface area contributed by atoms with Crippen molar-refractivity contribution in [3.05, 3.63) is 57.1 Å². The van der Waals surface area contributed by atoms with Crippen LogP contribution in [0.3, 0.4) is 0 Å². The number of benzene rings is 2. The van der Waals surface area contributed by atoms with Gasteiger partial charge in [-0.3, -0.25) is 4.79 Å². The number of carbonyl (C=O) groups excluding carboxylic acids is 1. The van der Waals surface area contributed by atoms with Crippen molar-refractivity contribution < 1.29 is 19.4 Å². The summed E-state index contributed by atoms with van der Waals surface area (Å²) in [6.07, 6.45) is 1.68. The molecule has 2 aromatic carbocycles. The SMILES string of the molecule is COc1ccc(C=C(C)C(=O)c2cc(Cl)cc(Cl)c2O)cc1OC. The average Bonchev–Trinajstić information content (AvgIpc) is 2.57. The van der Waals surface area contributed by atoms with Crippen molar-refractivity contribution in [2.24, 2.45) is 0 Å². The number of ketones is 1. The van der Waals surface area contributed by atoms with Crippen molar-refractivity contribution in [2.75, 3.05) is 14.2 Å². The molecule has 6 heteroatoms. The lowest BCUT2D eigenvalue weighted by Crippen LogP contribution is -2.01. The Morgan fingerprint density at radius 2 is 1.75 bits per heavy atom. The zero-order valence-electron chi connectivity index (χ0n) is 13.4. The number of phenols is 1. The maximum atomic E-state index is 12.6. The lowest BCUT2D eigenvalue weighted by atomic mass is 10.0. The van der Waals surface area contributed by atoms with E-state index in [1.165, 1.54) is 19.2 Å². The molecule has 0 aliphatic heterocycles. The van der Waals surface area contributed by atoms with E-state index < -0.39 is 0 Å². The van der Waals surface area contributed by atoms with Gasteiger partial charge in [0.05, 0.1) is 24.8 Å². The van der Waals surface area contributed by atoms with Crippen LogP contribution in [0.4, 0.5) is 0 Å². The van der Waals surface area contributed by atoms with Crippen molar-refractivity contribution in [1.29, 1.82) is 0 Å². The molecule has 0 spiro atoms. The Balaban J connectivity index is 2.39. The molecule has 0 bridgehead atoms. The van der Waals surface area contributed by atoms with E-state index in [4.69, 9.17) is 32.7 Å². The van der Waals surface area contributed by atoms with Crippen LogP contribution in [-0.4, -0.2) is 25.1 Å². The van der Waals surface area contributed by atoms with Gasteiger partial charge >= 0.3 is 0 Å². The van der Waals surface area contributed by atoms with E-state index in [1.54, 1.807) is 38.3 Å². The van der Waals surface area contributed by atoms with E-state index in [9.17, 15) is 9.90 Å². The van der Waals surface area contributed by atoms with Gasteiger partial charge in [-0.2, -0.15) is 0 Å². The topological polar surface area (TPSA) is 55.8 Å². The van der Waals surface area contributed by atoms with Gasteiger partial charge in [0.25, 0.3) is 0 Å². The molecule has 2 rings (SSSR count). The summed E-state index contributed by atoms with van der Waals surface area (Å²) in [5.41, 5.74) is 1.23. The molecular formula is C18H16Cl2O4. The van der Waals surface area contributed by atoms with E-state index in [2.05, 4.69) is 0 Å². The van der Waals surface area contributed by atoms with Gasteiger partial charge in [0.15, 0.2) is 17.3 Å². The van der Waals surface area contributed by atoms with Crippen LogP contribution in [0, 0.1) is 0 Å². The third-order valence-electron chi connectivity index (χ3n) is 3.42. The summed E-state index contributed by atoms with van der Waals surface area (Å²) in [6, 6.07) is 8.05. The first-order valence-electron chi connectivity index (χ1n) is 7.00. The molecule has 0 fully saturated rings. The molecule has 0 radical (unpaired) electrons. The molecular weight excluding hydrogens is 351 g/mol. The Hall–Kier alpha value is -2.17. The summed E-state index contributed by atoms with van der Waals surface area (Å²) in [5.74, 6) is 0.496. The second kappa shape index (κ2) is 7.60. The minimum atomic E-state index is -0.369. The predicted octanol–water partition coefficient (Wildman–Crippen LogP) is 5.00. The fourth-order valence-electron chi connectivity index (χ4n) is 2.21. The quantitative estimate of drug-likeness (QED) is 0.597. The number of halogens is 2. The fourth-order valence-corrected chi connectivity index (χ4v) is 2.70. The first kappa shape index (κ1) is 18.2. The first-order chi connectivity index (χ1) is 11.4. The number of ether oxygens (including phenoxy) is 2. The van der Waals surface area contributed by atoms with Crippen LogP contribution in [0.25, 0.3) is 6.08 Å². The molecule has 0 aromatic heterocycles. The number of carbonyl (C=O) groups is 1. The molecule has 0 saturated heterocycles. The van der Waals surface area contributed by atoms with E-state index in [0.717, 1.165) is 5.56 Å². The molecule has 24 heavy (non-hydrogen) atoms. The molecule has 0 atom stereocenters. The second-order valence-corrected chi connectivity index (χ2v) is 5.90. The summed E-state index contributed by atoms with van der Waals surface area (Å²) in [6.45, 7) is 1.65. The van der Waals surface area contributed by atoms with Crippen molar-refractivity contribution in [3.63, 3.8) is 0 Å². The molecule has 0 aliphatic rings. The Morgan fingerprint density at radius 3 is 2.38 bits per heavy atom. The van der Waals surface area contributed by atoms with Gasteiger partial charge in [0.1, 0.15) is 5.75 Å². The minimum Gasteiger partial charge on any atom is -0.506 e. The van der Waals surface area contributed by atoms with Gasteiger partial charge < -0.3 is 14.6 Å². The highest BCUT2D eigenvalue weighted by molar-refractivity contribution is 6.36. The summed E-state index contributed by atoms with van der Waals surface area (Å²) < 4.78 is 10.4. The number of aromatic hydroxyl groups is 1. The molecule has 2 aromatic rings. The third-order valence-corrected chi connectivity index (χ3v) is 3.93. The monoisotopic (exact) mass is 366 g/mol. The van der Waals surface area contributed by atoms with Gasteiger partial charge in [-0.25, -0.2) is 0 Å². The van der Waals surface area contributed by atoms with E-state index in [0.29, 0.717) is 17.1 Å². The zero-order valence-corrected chi connectivity index (χ0v) is 14.9. The van der Waals surface area contributed by atoms with Crippen LogP contribution in [0.5, 0.6) is 17.2 Å². The average molecular weight is 367 g/mol. The fraction of sp³-hybridized carbons (Fsp3) is 0.167. The third kappa shape index (κ3) is 3.83. The predicted molar refractivity (Wildman–Crippen MR) is 95.7 cm³/mol. The number of allylic oxidation sites excluding steroid dienone is 1. The zero-order chi connectivity index (χ0) is 17.9. The summed E-state index contributed by atoms with van der Waals surface area (Å²) in [5, 5.41) is 10.3. The normalized spacial score (nSPS) is 11.3. The van der Waals surface area contributed by atoms with Crippen LogP contribution in [0.15, 0.2) is 35.9 Å². The van der Waals surface area contributed by atoms with Crippen LogP contribution in [0.1, 0.15) is 22.8 Å². The number of Topliss-reactive ketones (excluding diaryl/α,β-unsaturated/α-hetero) is 1. The largest absolute Gasteiger partial charge is 0.506 e. The van der Waals surface area contributed by atoms with Gasteiger partial charge in [-0.1, -0.05) is 29.3 Å². The van der Waals surface area contributed by atoms with Gasteiger partial charge in [0, 0.05) is 5.02 Å². The molecule has 126 valence electrons. The van der Waals surface area contributed by atoms with Crippen molar-refractivity contribution in [2.45, 2.75) is 6.92 Å². The number of phenolic OH excluding ortho intramolecular Hbond substituents is 1. The van der Waals surface area contributed by atoms with Gasteiger partial charge in [-0.05, 0) is 48.4 Å². The molecule has 4 nitrogen and oxygen atoms in total. The highest BCUT2D eigenvalue weighted by Gasteiger charge is 2.17. The van der Waals surface area contributed by atoms with Crippen LogP contribution >= 0.6 is 23.2 Å². The highest BCUT2D eigenvalue weighted by atomic mass is 35.5. The van der Waals surface area contributed by atoms with Gasteiger partial charge in [-0.15, -0.1) is 0 Å². The lowest BCUT2D eigenvalue weighted by Gasteiger charge is -2.09. The van der Waals surface area contributed by atoms with Crippen molar-refractivity contribution >= 4 is 35.1 Å². The molecule has 0 saturated carbocycles. The minimum absolute atomic E-state index is 0.0322. The van der Waals surface area contributed by atoms with Gasteiger partial charge in [0.2, 0.25) is 0 Å². The maximum Gasteiger partial charge on any atom is 0.192 e. The molecule has 0 aliphatic carbocycles. The lowest BCUT2D eigenvalue weighted by molar-refractivity contribution is 0.103. The Kier molecular flexibility index (Phi) is 5.75. The Bertz CT molecular complexity index is 813. The standard InChI is InChI=1S/C18H16Cl2O4/c1-10(6-11-4-5-15(23-2)16(7-11)24-3)17(21)13-8-12(19)9-14(20)18(13)22/h4-9,22H,1-3H3. The Labute approximate surface area is 150 Å². The Morgan fingerprint density at radius 1 is 1.08 bits per heavy atom.